The zero-order valence-electron chi connectivity index (χ0n) is 15.4. The first-order chi connectivity index (χ1) is 14.4. The molecule has 0 saturated carbocycles. The number of benzene rings is 2. The summed E-state index contributed by atoms with van der Waals surface area (Å²) in [5.74, 6) is -1.13. The predicted octanol–water partition coefficient (Wildman–Crippen LogP) is 4.69. The van der Waals surface area contributed by atoms with Crippen LogP contribution in [0.1, 0.15) is 22.9 Å². The fraction of sp³-hybridized carbons (Fsp3) is 0.200. The second-order valence-corrected chi connectivity index (χ2v) is 8.61. The molecule has 1 fully saturated rings. The van der Waals surface area contributed by atoms with E-state index in [2.05, 4.69) is 15.5 Å². The normalized spacial score (nSPS) is 16.2. The largest absolute Gasteiger partial charge is 0.312 e. The van der Waals surface area contributed by atoms with Crippen molar-refractivity contribution >= 4 is 57.2 Å². The van der Waals surface area contributed by atoms with E-state index in [4.69, 9.17) is 23.2 Å². The Balaban J connectivity index is 1.41. The molecule has 0 radical (unpaired) electrons. The van der Waals surface area contributed by atoms with Gasteiger partial charge in [-0.1, -0.05) is 40.6 Å². The average molecular weight is 465 g/mol. The molecule has 30 heavy (non-hydrogen) atoms. The molecule has 154 valence electrons. The highest BCUT2D eigenvalue weighted by Gasteiger charge is 2.34. The zero-order chi connectivity index (χ0) is 21.3. The highest BCUT2D eigenvalue weighted by Crippen LogP contribution is 2.34. The van der Waals surface area contributed by atoms with Crippen LogP contribution >= 0.6 is 34.5 Å². The van der Waals surface area contributed by atoms with Gasteiger partial charge in [-0.3, -0.25) is 9.59 Å². The molecule has 0 aliphatic carbocycles. The summed E-state index contributed by atoms with van der Waals surface area (Å²) >= 11 is 13.1. The third-order valence-electron chi connectivity index (χ3n) is 4.70. The van der Waals surface area contributed by atoms with Gasteiger partial charge in [-0.05, 0) is 36.4 Å². The number of nitrogens with one attached hydrogen (secondary N) is 1. The van der Waals surface area contributed by atoms with Crippen LogP contribution in [-0.2, 0) is 16.0 Å². The van der Waals surface area contributed by atoms with Gasteiger partial charge in [0.1, 0.15) is 10.8 Å². The minimum Gasteiger partial charge on any atom is -0.312 e. The quantitative estimate of drug-likeness (QED) is 0.594. The first-order valence-electron chi connectivity index (χ1n) is 9.03. The van der Waals surface area contributed by atoms with Crippen LogP contribution in [0.3, 0.4) is 0 Å². The number of nitrogens with zero attached hydrogens (tertiary/aromatic N) is 3. The van der Waals surface area contributed by atoms with Gasteiger partial charge in [0.05, 0.1) is 6.42 Å². The van der Waals surface area contributed by atoms with Crippen LogP contribution in [0.2, 0.25) is 10.0 Å². The van der Waals surface area contributed by atoms with Crippen molar-refractivity contribution in [3.8, 4) is 0 Å². The van der Waals surface area contributed by atoms with E-state index in [1.807, 2.05) is 0 Å². The smallest absolute Gasteiger partial charge is 0.230 e. The number of rotatable bonds is 5. The van der Waals surface area contributed by atoms with Gasteiger partial charge < -0.3 is 10.2 Å². The summed E-state index contributed by atoms with van der Waals surface area (Å²) in [5, 5.41) is 12.5. The first-order valence-corrected chi connectivity index (χ1v) is 10.6. The SMILES string of the molecule is O=C(Cc1c(F)cccc1Cl)Nc1nnc(C2CC(=O)N(c3ccc(Cl)cc3)C2)s1. The molecule has 1 unspecified atom stereocenters. The van der Waals surface area contributed by atoms with Crippen molar-refractivity contribution in [1.82, 2.24) is 10.2 Å². The fourth-order valence-corrected chi connectivity index (χ4v) is 4.43. The summed E-state index contributed by atoms with van der Waals surface area (Å²) in [5.41, 5.74) is 0.896. The molecule has 1 N–H and O–H groups in total. The van der Waals surface area contributed by atoms with E-state index >= 15 is 0 Å². The molecule has 0 spiro atoms. The number of aromatic nitrogens is 2. The van der Waals surface area contributed by atoms with Crippen LogP contribution in [0.5, 0.6) is 0 Å². The Morgan fingerprint density at radius 1 is 1.20 bits per heavy atom. The number of hydrogen-bond acceptors (Lipinski definition) is 5. The number of halogens is 3. The van der Waals surface area contributed by atoms with Gasteiger partial charge in [0.25, 0.3) is 0 Å². The van der Waals surface area contributed by atoms with E-state index in [0.29, 0.717) is 28.1 Å². The number of carbonyl (C=O) groups is 2. The minimum absolute atomic E-state index is 0.0164. The highest BCUT2D eigenvalue weighted by molar-refractivity contribution is 7.15. The second-order valence-electron chi connectivity index (χ2n) is 6.75. The summed E-state index contributed by atoms with van der Waals surface area (Å²) in [6.07, 6.45) is 0.0860. The lowest BCUT2D eigenvalue weighted by Gasteiger charge is -2.16. The molecule has 2 heterocycles. The van der Waals surface area contributed by atoms with Crippen LogP contribution in [-0.4, -0.2) is 28.6 Å². The van der Waals surface area contributed by atoms with E-state index in [1.54, 1.807) is 29.2 Å². The molecule has 10 heteroatoms. The second kappa shape index (κ2) is 8.67. The van der Waals surface area contributed by atoms with E-state index in [9.17, 15) is 14.0 Å². The van der Waals surface area contributed by atoms with Crippen molar-refractivity contribution in [3.05, 3.63) is 68.9 Å². The Morgan fingerprint density at radius 2 is 1.97 bits per heavy atom. The van der Waals surface area contributed by atoms with Gasteiger partial charge in [0.15, 0.2) is 0 Å². The Kier molecular flexibility index (Phi) is 5.99. The zero-order valence-corrected chi connectivity index (χ0v) is 17.8. The minimum atomic E-state index is -0.539. The van der Waals surface area contributed by atoms with E-state index in [1.165, 1.54) is 29.5 Å². The molecular weight excluding hydrogens is 450 g/mol. The molecule has 1 aliphatic rings. The van der Waals surface area contributed by atoms with Crippen LogP contribution in [0.15, 0.2) is 42.5 Å². The summed E-state index contributed by atoms with van der Waals surface area (Å²) < 4.78 is 13.9. The Labute approximate surface area is 185 Å². The summed E-state index contributed by atoms with van der Waals surface area (Å²) in [7, 11) is 0. The van der Waals surface area contributed by atoms with Crippen molar-refractivity contribution in [2.75, 3.05) is 16.8 Å². The molecule has 4 rings (SSSR count). The molecule has 1 atom stereocenters. The molecule has 2 aromatic carbocycles. The molecule has 2 amide bonds. The fourth-order valence-electron chi connectivity index (χ4n) is 3.22. The third kappa shape index (κ3) is 4.45. The van der Waals surface area contributed by atoms with Crippen molar-refractivity contribution in [3.63, 3.8) is 0 Å². The Morgan fingerprint density at radius 3 is 2.70 bits per heavy atom. The standard InChI is InChI=1S/C20H15Cl2FN4O2S/c21-12-4-6-13(7-5-12)27-10-11(8-18(27)29)19-25-26-20(30-19)24-17(28)9-14-15(22)2-1-3-16(14)23/h1-7,11H,8-10H2,(H,24,26,28). The van der Waals surface area contributed by atoms with E-state index in [0.717, 1.165) is 5.69 Å². The van der Waals surface area contributed by atoms with Crippen LogP contribution < -0.4 is 10.2 Å². The molecule has 3 aromatic rings. The molecule has 6 nitrogen and oxygen atoms in total. The molecular formula is C20H15Cl2FN4O2S. The van der Waals surface area contributed by atoms with Gasteiger partial charge in [0, 0.05) is 40.2 Å². The Hall–Kier alpha value is -2.55. The van der Waals surface area contributed by atoms with Gasteiger partial charge in [-0.25, -0.2) is 4.39 Å². The third-order valence-corrected chi connectivity index (χ3v) is 6.31. The molecule has 1 aliphatic heterocycles. The van der Waals surface area contributed by atoms with Gasteiger partial charge in [-0.2, -0.15) is 0 Å². The topological polar surface area (TPSA) is 75.2 Å². The number of amides is 2. The predicted molar refractivity (Wildman–Crippen MR) is 115 cm³/mol. The average Bonchev–Trinajstić information content (AvgIpc) is 3.32. The lowest BCUT2D eigenvalue weighted by Crippen LogP contribution is -2.24. The van der Waals surface area contributed by atoms with Crippen LogP contribution in [0, 0.1) is 5.82 Å². The lowest BCUT2D eigenvalue weighted by atomic mass is 10.1. The highest BCUT2D eigenvalue weighted by atomic mass is 35.5. The van der Waals surface area contributed by atoms with E-state index < -0.39 is 11.7 Å². The van der Waals surface area contributed by atoms with Crippen LogP contribution in [0.4, 0.5) is 15.2 Å². The Bertz CT molecular complexity index is 1090. The number of hydrogen-bond donors (Lipinski definition) is 1. The maximum atomic E-state index is 13.9. The van der Waals surface area contributed by atoms with Crippen molar-refractivity contribution in [2.45, 2.75) is 18.8 Å². The molecule has 1 saturated heterocycles. The summed E-state index contributed by atoms with van der Waals surface area (Å²) in [6, 6.07) is 11.3. The number of carbonyl (C=O) groups excluding carboxylic acids is 2. The molecule has 1 aromatic heterocycles. The maximum Gasteiger partial charge on any atom is 0.230 e. The van der Waals surface area contributed by atoms with Gasteiger partial charge in [0.2, 0.25) is 16.9 Å². The van der Waals surface area contributed by atoms with Crippen LogP contribution in [0.25, 0.3) is 0 Å². The summed E-state index contributed by atoms with van der Waals surface area (Å²) in [4.78, 5) is 26.4. The lowest BCUT2D eigenvalue weighted by molar-refractivity contribution is -0.117. The van der Waals surface area contributed by atoms with E-state index in [-0.39, 0.29) is 28.8 Å². The summed E-state index contributed by atoms with van der Waals surface area (Å²) in [6.45, 7) is 0.466. The van der Waals surface area contributed by atoms with Gasteiger partial charge in [-0.15, -0.1) is 10.2 Å². The molecule has 0 bridgehead atoms. The monoisotopic (exact) mass is 464 g/mol. The number of anilines is 2. The maximum absolute atomic E-state index is 13.9. The van der Waals surface area contributed by atoms with Crippen molar-refractivity contribution < 1.29 is 14.0 Å². The van der Waals surface area contributed by atoms with Crippen molar-refractivity contribution in [1.29, 1.82) is 0 Å². The van der Waals surface area contributed by atoms with Gasteiger partial charge >= 0.3 is 0 Å². The van der Waals surface area contributed by atoms with Crippen molar-refractivity contribution in [2.24, 2.45) is 0 Å². The first kappa shape index (κ1) is 20.7.